The number of ketones is 1. The van der Waals surface area contributed by atoms with Crippen LogP contribution in [-0.4, -0.2) is 10.7 Å². The van der Waals surface area contributed by atoms with Gasteiger partial charge in [0.2, 0.25) is 0 Å². The van der Waals surface area contributed by atoms with Gasteiger partial charge in [-0.05, 0) is 39.8 Å². The number of fused-ring (bicyclic) bond motifs is 4. The molecule has 1 aliphatic carbocycles. The van der Waals surface area contributed by atoms with Crippen LogP contribution in [0.1, 0.15) is 43.9 Å². The molecule has 5 nitrogen and oxygen atoms in total. The molecule has 150 valence electrons. The van der Waals surface area contributed by atoms with E-state index in [2.05, 4.69) is 37.4 Å². The first-order valence-corrected chi connectivity index (χ1v) is 10.1. The van der Waals surface area contributed by atoms with Crippen LogP contribution in [0.3, 0.4) is 0 Å². The van der Waals surface area contributed by atoms with Crippen LogP contribution >= 0.6 is 0 Å². The maximum Gasteiger partial charge on any atom is 0.269 e. The molecule has 0 amide bonds. The van der Waals surface area contributed by atoms with Gasteiger partial charge < -0.3 is 5.32 Å². The summed E-state index contributed by atoms with van der Waals surface area (Å²) >= 11 is 0. The lowest BCUT2D eigenvalue weighted by molar-refractivity contribution is -0.384. The van der Waals surface area contributed by atoms with E-state index in [1.54, 1.807) is 12.1 Å². The number of nitrogens with one attached hydrogen (secondary N) is 1. The Kier molecular flexibility index (Phi) is 4.03. The summed E-state index contributed by atoms with van der Waals surface area (Å²) in [6, 6.07) is 18.6. The van der Waals surface area contributed by atoms with Crippen LogP contribution in [-0.2, 0) is 4.79 Å². The van der Waals surface area contributed by atoms with E-state index < -0.39 is 0 Å². The van der Waals surface area contributed by atoms with E-state index in [-0.39, 0.29) is 27.9 Å². The second kappa shape index (κ2) is 6.52. The number of hydrogen-bond acceptors (Lipinski definition) is 4. The van der Waals surface area contributed by atoms with E-state index >= 15 is 0 Å². The molecule has 3 aromatic rings. The zero-order valence-electron chi connectivity index (χ0n) is 16.9. The Bertz CT molecular complexity index is 1260. The molecule has 3 aromatic carbocycles. The molecule has 5 heteroatoms. The molecule has 0 unspecified atom stereocenters. The van der Waals surface area contributed by atoms with Crippen LogP contribution < -0.4 is 5.32 Å². The number of benzene rings is 3. The number of allylic oxidation sites excluding steroid dienone is 1. The quantitative estimate of drug-likeness (QED) is 0.421. The number of nitro benzene ring substituents is 1. The molecule has 1 heterocycles. The van der Waals surface area contributed by atoms with Crippen molar-refractivity contribution < 1.29 is 9.72 Å². The Balaban J connectivity index is 1.78. The zero-order valence-corrected chi connectivity index (χ0v) is 16.9. The Morgan fingerprint density at radius 3 is 2.63 bits per heavy atom. The van der Waals surface area contributed by atoms with Crippen molar-refractivity contribution in [2.24, 2.45) is 5.41 Å². The van der Waals surface area contributed by atoms with Gasteiger partial charge >= 0.3 is 0 Å². The number of hydrogen-bond donors (Lipinski definition) is 1. The minimum absolute atomic E-state index is 0.0576. The number of Topliss-reactive ketones (excluding diaryl/α,β-unsaturated/α-hetero) is 1. The van der Waals surface area contributed by atoms with Gasteiger partial charge in [-0.1, -0.05) is 56.3 Å². The fourth-order valence-electron chi connectivity index (χ4n) is 4.92. The van der Waals surface area contributed by atoms with Crippen molar-refractivity contribution in [3.63, 3.8) is 0 Å². The lowest BCUT2D eigenvalue weighted by atomic mass is 9.68. The van der Waals surface area contributed by atoms with Gasteiger partial charge in [0.1, 0.15) is 0 Å². The first kappa shape index (κ1) is 18.6. The molecule has 1 atom stereocenters. The summed E-state index contributed by atoms with van der Waals surface area (Å²) in [4.78, 5) is 24.4. The number of nitrogens with zero attached hydrogens (tertiary/aromatic N) is 1. The fraction of sp³-hybridized carbons (Fsp3) is 0.240. The third kappa shape index (κ3) is 2.89. The van der Waals surface area contributed by atoms with E-state index in [1.165, 1.54) is 6.07 Å². The van der Waals surface area contributed by atoms with Crippen molar-refractivity contribution >= 4 is 33.5 Å². The van der Waals surface area contributed by atoms with Gasteiger partial charge in [0.15, 0.2) is 5.78 Å². The Morgan fingerprint density at radius 1 is 1.03 bits per heavy atom. The summed E-state index contributed by atoms with van der Waals surface area (Å²) in [5, 5.41) is 17.1. The number of carbonyl (C=O) groups is 1. The van der Waals surface area contributed by atoms with Gasteiger partial charge in [-0.3, -0.25) is 14.9 Å². The minimum Gasteiger partial charge on any atom is -0.374 e. The topological polar surface area (TPSA) is 72.2 Å². The maximum atomic E-state index is 13.4. The molecule has 0 bridgehead atoms. The molecule has 30 heavy (non-hydrogen) atoms. The molecule has 1 N–H and O–H groups in total. The summed E-state index contributed by atoms with van der Waals surface area (Å²) in [7, 11) is 0. The standard InChI is InChI=1S/C25H22N2O3/c1-25(2)13-19-23(21(28)14-25)22-18-9-4-3-6-15(18)10-11-20(22)26-24(19)16-7-5-8-17(12-16)27(29)30/h3-12,24,26H,13-14H2,1-2H3/t24-/m0/s1. The van der Waals surface area contributed by atoms with Gasteiger partial charge in [-0.25, -0.2) is 0 Å². The third-order valence-corrected chi connectivity index (χ3v) is 6.15. The van der Waals surface area contributed by atoms with Crippen LogP contribution in [0.25, 0.3) is 16.3 Å². The van der Waals surface area contributed by atoms with Crippen molar-refractivity contribution in [1.29, 1.82) is 0 Å². The Morgan fingerprint density at radius 2 is 1.83 bits per heavy atom. The average Bonchev–Trinajstić information content (AvgIpc) is 2.72. The lowest BCUT2D eigenvalue weighted by Crippen LogP contribution is -2.32. The van der Waals surface area contributed by atoms with Crippen LogP contribution in [0.2, 0.25) is 0 Å². The second-order valence-electron chi connectivity index (χ2n) is 8.98. The van der Waals surface area contributed by atoms with Crippen molar-refractivity contribution in [2.45, 2.75) is 32.7 Å². The highest BCUT2D eigenvalue weighted by atomic mass is 16.6. The van der Waals surface area contributed by atoms with E-state index in [0.717, 1.165) is 45.2 Å². The molecule has 2 aliphatic rings. The fourth-order valence-corrected chi connectivity index (χ4v) is 4.92. The number of nitro groups is 1. The summed E-state index contributed by atoms with van der Waals surface area (Å²) in [5.41, 5.74) is 4.39. The highest BCUT2D eigenvalue weighted by Gasteiger charge is 2.40. The van der Waals surface area contributed by atoms with Gasteiger partial charge in [-0.2, -0.15) is 0 Å². The van der Waals surface area contributed by atoms with Crippen molar-refractivity contribution in [2.75, 3.05) is 5.32 Å². The minimum atomic E-state index is -0.376. The number of carbonyl (C=O) groups excluding carboxylic acids is 1. The van der Waals surface area contributed by atoms with Crippen molar-refractivity contribution in [3.05, 3.63) is 87.5 Å². The zero-order chi connectivity index (χ0) is 21.0. The van der Waals surface area contributed by atoms with Crippen LogP contribution in [0.4, 0.5) is 11.4 Å². The molecule has 1 aliphatic heterocycles. The monoisotopic (exact) mass is 398 g/mol. The van der Waals surface area contributed by atoms with Crippen molar-refractivity contribution in [3.8, 4) is 0 Å². The summed E-state index contributed by atoms with van der Waals surface area (Å²) in [6.07, 6.45) is 1.26. The molecule has 0 fully saturated rings. The normalized spacial score (nSPS) is 19.8. The molecular weight excluding hydrogens is 376 g/mol. The summed E-state index contributed by atoms with van der Waals surface area (Å²) in [5.74, 6) is 0.149. The summed E-state index contributed by atoms with van der Waals surface area (Å²) in [6.45, 7) is 4.22. The summed E-state index contributed by atoms with van der Waals surface area (Å²) < 4.78 is 0. The SMILES string of the molecule is CC1(C)CC(=O)C2=C(C1)[C@H](c1cccc([N+](=O)[O-])c1)Nc1ccc3ccccc3c12. The Hall–Kier alpha value is -3.47. The number of rotatable bonds is 2. The third-order valence-electron chi connectivity index (χ3n) is 6.15. The predicted molar refractivity (Wildman–Crippen MR) is 118 cm³/mol. The molecule has 0 saturated heterocycles. The van der Waals surface area contributed by atoms with E-state index in [4.69, 9.17) is 0 Å². The molecule has 5 rings (SSSR count). The molecule has 0 aromatic heterocycles. The van der Waals surface area contributed by atoms with E-state index in [9.17, 15) is 14.9 Å². The van der Waals surface area contributed by atoms with Gasteiger partial charge in [0.05, 0.1) is 11.0 Å². The lowest BCUT2D eigenvalue weighted by Gasteiger charge is -2.40. The molecule has 0 spiro atoms. The number of non-ortho nitro benzene ring substituents is 1. The maximum absolute atomic E-state index is 13.4. The van der Waals surface area contributed by atoms with Crippen molar-refractivity contribution in [1.82, 2.24) is 0 Å². The molecule has 0 radical (unpaired) electrons. The van der Waals surface area contributed by atoms with E-state index in [1.807, 2.05) is 24.3 Å². The van der Waals surface area contributed by atoms with Gasteiger partial charge in [-0.15, -0.1) is 0 Å². The highest BCUT2D eigenvalue weighted by molar-refractivity contribution is 6.28. The number of anilines is 1. The first-order valence-electron chi connectivity index (χ1n) is 10.1. The first-order chi connectivity index (χ1) is 14.3. The smallest absolute Gasteiger partial charge is 0.269 e. The predicted octanol–water partition coefficient (Wildman–Crippen LogP) is 6.06. The highest BCUT2D eigenvalue weighted by Crippen LogP contribution is 2.51. The van der Waals surface area contributed by atoms with Crippen LogP contribution in [0.5, 0.6) is 0 Å². The van der Waals surface area contributed by atoms with E-state index in [0.29, 0.717) is 6.42 Å². The Labute approximate surface area is 174 Å². The molecular formula is C25H22N2O3. The molecule has 0 saturated carbocycles. The van der Waals surface area contributed by atoms with Crippen LogP contribution in [0, 0.1) is 15.5 Å². The average molecular weight is 398 g/mol. The largest absolute Gasteiger partial charge is 0.374 e. The van der Waals surface area contributed by atoms with Gasteiger partial charge in [0, 0.05) is 35.4 Å². The van der Waals surface area contributed by atoms with Gasteiger partial charge in [0.25, 0.3) is 5.69 Å². The van der Waals surface area contributed by atoms with Crippen LogP contribution in [0.15, 0.2) is 66.2 Å². The second-order valence-corrected chi connectivity index (χ2v) is 8.98.